The zero-order valence-corrected chi connectivity index (χ0v) is 15.5. The quantitative estimate of drug-likeness (QED) is 0.602. The first-order valence-corrected chi connectivity index (χ1v) is 9.39. The number of rotatable bonds is 5. The second-order valence-electron chi connectivity index (χ2n) is 7.87. The summed E-state index contributed by atoms with van der Waals surface area (Å²) in [5.41, 5.74) is 1.38. The predicted octanol–water partition coefficient (Wildman–Crippen LogP) is 2.73. The number of nitrogens with zero attached hydrogens (tertiary/aromatic N) is 1. The fourth-order valence-electron chi connectivity index (χ4n) is 4.24. The Labute approximate surface area is 154 Å². The molecule has 3 aliphatic heterocycles. The average Bonchev–Trinajstić information content (AvgIpc) is 3.28. The number of carbonyl (C=O) groups is 2. The fraction of sp³-hybridized carbons (Fsp3) is 0.524. The van der Waals surface area contributed by atoms with Crippen LogP contribution in [0.5, 0.6) is 0 Å². The van der Waals surface area contributed by atoms with Crippen LogP contribution in [0.4, 0.5) is 5.69 Å². The number of benzene rings is 1. The van der Waals surface area contributed by atoms with Gasteiger partial charge in [-0.15, -0.1) is 0 Å². The lowest BCUT2D eigenvalue weighted by molar-refractivity contribution is -0.153. The molecule has 0 saturated carbocycles. The van der Waals surface area contributed by atoms with Gasteiger partial charge in [-0.1, -0.05) is 45.1 Å². The number of hydrogen-bond acceptors (Lipinski definition) is 4. The third-order valence-electron chi connectivity index (χ3n) is 5.59. The third kappa shape index (κ3) is 2.57. The summed E-state index contributed by atoms with van der Waals surface area (Å²) in [5, 5.41) is 0. The van der Waals surface area contributed by atoms with E-state index in [1.54, 1.807) is 4.90 Å². The molecule has 2 fully saturated rings. The Hall–Kier alpha value is -2.14. The minimum absolute atomic E-state index is 0.0485. The van der Waals surface area contributed by atoms with Crippen LogP contribution in [0, 0.1) is 17.8 Å². The predicted molar refractivity (Wildman–Crippen MR) is 97.7 cm³/mol. The molecule has 2 saturated heterocycles. The molecule has 5 nitrogen and oxygen atoms in total. The lowest BCUT2D eigenvalue weighted by atomic mass is 9.77. The van der Waals surface area contributed by atoms with E-state index in [4.69, 9.17) is 9.47 Å². The Balaban J connectivity index is 1.59. The topological polar surface area (TPSA) is 55.8 Å². The Morgan fingerprint density at radius 2 is 2.08 bits per heavy atom. The highest BCUT2D eigenvalue weighted by atomic mass is 16.6. The number of esters is 1. The van der Waals surface area contributed by atoms with Crippen LogP contribution in [-0.4, -0.2) is 36.7 Å². The summed E-state index contributed by atoms with van der Waals surface area (Å²) in [6, 6.07) is 8.02. The zero-order chi connectivity index (χ0) is 18.5. The van der Waals surface area contributed by atoms with Crippen molar-refractivity contribution >= 4 is 17.6 Å². The van der Waals surface area contributed by atoms with Crippen molar-refractivity contribution < 1.29 is 19.1 Å². The number of hydrogen-bond donors (Lipinski definition) is 0. The van der Waals surface area contributed by atoms with Crippen molar-refractivity contribution in [3.8, 4) is 0 Å². The normalized spacial score (nSPS) is 31.8. The van der Waals surface area contributed by atoms with Crippen LogP contribution < -0.4 is 4.90 Å². The molecular weight excluding hydrogens is 330 g/mol. The molecule has 0 unspecified atom stereocenters. The van der Waals surface area contributed by atoms with Crippen molar-refractivity contribution in [2.45, 2.75) is 38.9 Å². The number of aryl methyl sites for hydroxylation is 1. The van der Waals surface area contributed by atoms with E-state index >= 15 is 0 Å². The summed E-state index contributed by atoms with van der Waals surface area (Å²) in [6.45, 7) is 6.90. The van der Waals surface area contributed by atoms with Gasteiger partial charge in [0.2, 0.25) is 5.91 Å². The maximum absolute atomic E-state index is 13.2. The van der Waals surface area contributed by atoms with Crippen LogP contribution in [0.3, 0.4) is 0 Å². The van der Waals surface area contributed by atoms with E-state index in [1.807, 2.05) is 50.3 Å². The highest BCUT2D eigenvalue weighted by Crippen LogP contribution is 2.52. The number of amides is 1. The Kier molecular flexibility index (Phi) is 4.14. The van der Waals surface area contributed by atoms with E-state index in [0.717, 1.165) is 12.1 Å². The molecule has 4 atom stereocenters. The lowest BCUT2D eigenvalue weighted by Crippen LogP contribution is -2.40. The van der Waals surface area contributed by atoms with E-state index in [-0.39, 0.29) is 23.9 Å². The smallest absolute Gasteiger partial charge is 0.312 e. The van der Waals surface area contributed by atoms with Crippen LogP contribution in [0.25, 0.3) is 0 Å². The van der Waals surface area contributed by atoms with Gasteiger partial charge in [0, 0.05) is 5.69 Å². The van der Waals surface area contributed by atoms with Crippen molar-refractivity contribution in [2.24, 2.45) is 17.8 Å². The van der Waals surface area contributed by atoms with Crippen LogP contribution in [0.1, 0.15) is 26.3 Å². The molecule has 26 heavy (non-hydrogen) atoms. The van der Waals surface area contributed by atoms with Crippen LogP contribution in [-0.2, 0) is 25.5 Å². The summed E-state index contributed by atoms with van der Waals surface area (Å²) < 4.78 is 11.6. The molecule has 3 aliphatic rings. The van der Waals surface area contributed by atoms with Crippen molar-refractivity contribution in [3.05, 3.63) is 42.0 Å². The Bertz CT molecular complexity index is 754. The molecule has 5 heteroatoms. The molecule has 1 aromatic rings. The standard InChI is InChI=1S/C21H25NO4/c1-4-14-5-7-15(8-6-14)22-12-21-10-9-16(26-21)17(18(21)19(22)23)20(24)25-11-13(2)3/h5-10,13,16-18H,4,11-12H2,1-3H3/t16-,17+,18-,21+/m1/s1. The summed E-state index contributed by atoms with van der Waals surface area (Å²) >= 11 is 0. The molecule has 1 aromatic carbocycles. The van der Waals surface area contributed by atoms with Crippen LogP contribution in [0.2, 0.25) is 0 Å². The van der Waals surface area contributed by atoms with E-state index in [9.17, 15) is 9.59 Å². The Morgan fingerprint density at radius 1 is 1.35 bits per heavy atom. The molecular formula is C21H25NO4. The number of anilines is 1. The van der Waals surface area contributed by atoms with E-state index in [0.29, 0.717) is 13.2 Å². The van der Waals surface area contributed by atoms with Crippen LogP contribution >= 0.6 is 0 Å². The van der Waals surface area contributed by atoms with Gasteiger partial charge in [-0.3, -0.25) is 9.59 Å². The van der Waals surface area contributed by atoms with Crippen molar-refractivity contribution in [1.29, 1.82) is 0 Å². The van der Waals surface area contributed by atoms with Gasteiger partial charge in [-0.25, -0.2) is 0 Å². The SMILES string of the molecule is CCc1ccc(N2C[C@]34C=C[C@@H](O3)[C@H](C(=O)OCC(C)C)[C@@H]4C2=O)cc1. The van der Waals surface area contributed by atoms with Crippen molar-refractivity contribution in [1.82, 2.24) is 0 Å². The molecule has 3 heterocycles. The molecule has 0 aromatic heterocycles. The van der Waals surface area contributed by atoms with Gasteiger partial charge in [-0.2, -0.15) is 0 Å². The first-order chi connectivity index (χ1) is 12.4. The molecule has 0 aliphatic carbocycles. The van der Waals surface area contributed by atoms with E-state index in [1.165, 1.54) is 5.56 Å². The Morgan fingerprint density at radius 3 is 2.73 bits per heavy atom. The van der Waals surface area contributed by atoms with Gasteiger partial charge < -0.3 is 14.4 Å². The number of ether oxygens (including phenoxy) is 2. The first-order valence-electron chi connectivity index (χ1n) is 9.39. The monoisotopic (exact) mass is 355 g/mol. The highest BCUT2D eigenvalue weighted by Gasteiger charge is 2.67. The molecule has 0 N–H and O–H groups in total. The largest absolute Gasteiger partial charge is 0.465 e. The van der Waals surface area contributed by atoms with E-state index < -0.39 is 17.4 Å². The van der Waals surface area contributed by atoms with Crippen molar-refractivity contribution in [3.63, 3.8) is 0 Å². The van der Waals surface area contributed by atoms with E-state index in [2.05, 4.69) is 6.92 Å². The summed E-state index contributed by atoms with van der Waals surface area (Å²) in [7, 11) is 0. The molecule has 1 amide bonds. The summed E-state index contributed by atoms with van der Waals surface area (Å²) in [5.74, 6) is -1.16. The van der Waals surface area contributed by atoms with Gasteiger partial charge in [0.1, 0.15) is 11.5 Å². The maximum atomic E-state index is 13.2. The van der Waals surface area contributed by atoms with Gasteiger partial charge in [0.15, 0.2) is 0 Å². The molecule has 2 bridgehead atoms. The molecule has 138 valence electrons. The number of fused-ring (bicyclic) bond motifs is 1. The lowest BCUT2D eigenvalue weighted by Gasteiger charge is -2.23. The first kappa shape index (κ1) is 17.3. The maximum Gasteiger partial charge on any atom is 0.312 e. The third-order valence-corrected chi connectivity index (χ3v) is 5.59. The molecule has 0 radical (unpaired) electrons. The summed E-state index contributed by atoms with van der Waals surface area (Å²) in [6.07, 6.45) is 4.48. The average molecular weight is 355 g/mol. The van der Waals surface area contributed by atoms with Gasteiger partial charge >= 0.3 is 5.97 Å². The fourth-order valence-corrected chi connectivity index (χ4v) is 4.24. The molecule has 1 spiro atoms. The minimum atomic E-state index is -0.702. The highest BCUT2D eigenvalue weighted by molar-refractivity contribution is 6.02. The second kappa shape index (κ2) is 6.23. The number of carbonyl (C=O) groups excluding carboxylic acids is 2. The van der Waals surface area contributed by atoms with Gasteiger partial charge in [0.25, 0.3) is 0 Å². The van der Waals surface area contributed by atoms with Gasteiger partial charge in [-0.05, 0) is 30.0 Å². The van der Waals surface area contributed by atoms with Crippen LogP contribution in [0.15, 0.2) is 36.4 Å². The minimum Gasteiger partial charge on any atom is -0.465 e. The molecule has 4 rings (SSSR count). The zero-order valence-electron chi connectivity index (χ0n) is 15.5. The van der Waals surface area contributed by atoms with Crippen molar-refractivity contribution in [2.75, 3.05) is 18.1 Å². The summed E-state index contributed by atoms with van der Waals surface area (Å²) in [4.78, 5) is 27.6. The second-order valence-corrected chi connectivity index (χ2v) is 7.87. The van der Waals surface area contributed by atoms with Gasteiger partial charge in [0.05, 0.1) is 25.2 Å².